The van der Waals surface area contributed by atoms with Crippen LogP contribution in [0.25, 0.3) is 0 Å². The number of amides is 1. The maximum atomic E-state index is 13.0. The summed E-state index contributed by atoms with van der Waals surface area (Å²) in [5.41, 5.74) is 0.390. The van der Waals surface area contributed by atoms with Crippen LogP contribution in [0, 0.1) is 10.1 Å². The summed E-state index contributed by atoms with van der Waals surface area (Å²) >= 11 is 0. The van der Waals surface area contributed by atoms with Crippen molar-refractivity contribution in [2.75, 3.05) is 13.7 Å². The first kappa shape index (κ1) is 20.3. The first-order chi connectivity index (χ1) is 14.0. The molecule has 1 amide bonds. The molecule has 0 aliphatic carbocycles. The van der Waals surface area contributed by atoms with Crippen LogP contribution < -0.4 is 9.47 Å². The Kier molecular flexibility index (Phi) is 6.43. The van der Waals surface area contributed by atoms with E-state index in [1.165, 1.54) is 24.1 Å². The van der Waals surface area contributed by atoms with Crippen molar-refractivity contribution in [3.63, 3.8) is 0 Å². The van der Waals surface area contributed by atoms with E-state index in [0.29, 0.717) is 13.0 Å². The summed E-state index contributed by atoms with van der Waals surface area (Å²) in [5, 5.41) is 11.7. The average molecular weight is 398 g/mol. The molecule has 29 heavy (non-hydrogen) atoms. The Balaban J connectivity index is 1.93. The first-order valence-corrected chi connectivity index (χ1v) is 9.34. The summed E-state index contributed by atoms with van der Waals surface area (Å²) in [6, 6.07) is 11.3. The van der Waals surface area contributed by atoms with Gasteiger partial charge in [-0.15, -0.1) is 0 Å². The van der Waals surface area contributed by atoms with Crippen LogP contribution in [0.1, 0.15) is 35.2 Å². The standard InChI is InChI=1S/C21H22N2O6/c1-28-19-11-17(21(25)22-10-6-5-9-16(22)13-24)18(23(26)27)12-20(19)29-14-15-7-3-2-4-8-15/h2-4,7-8,11-13,16H,5-6,9-10,14H2,1H3. The van der Waals surface area contributed by atoms with Crippen LogP contribution in [-0.4, -0.2) is 41.7 Å². The fourth-order valence-electron chi connectivity index (χ4n) is 3.38. The van der Waals surface area contributed by atoms with E-state index in [9.17, 15) is 19.7 Å². The van der Waals surface area contributed by atoms with Crippen LogP contribution in [0.3, 0.4) is 0 Å². The lowest BCUT2D eigenvalue weighted by molar-refractivity contribution is -0.385. The molecule has 1 heterocycles. The quantitative estimate of drug-likeness (QED) is 0.403. The van der Waals surface area contributed by atoms with Gasteiger partial charge in [0.25, 0.3) is 11.6 Å². The molecule has 0 spiro atoms. The molecule has 1 atom stereocenters. The third-order valence-electron chi connectivity index (χ3n) is 4.91. The Morgan fingerprint density at radius 2 is 2.00 bits per heavy atom. The molecule has 0 aromatic heterocycles. The number of nitrogens with zero attached hydrogens (tertiary/aromatic N) is 2. The number of nitro groups is 1. The molecular weight excluding hydrogens is 376 g/mol. The van der Waals surface area contributed by atoms with Crippen molar-refractivity contribution in [1.29, 1.82) is 0 Å². The number of nitro benzene ring substituents is 1. The number of aldehydes is 1. The predicted molar refractivity (Wildman–Crippen MR) is 105 cm³/mol. The van der Waals surface area contributed by atoms with Gasteiger partial charge in [-0.25, -0.2) is 0 Å². The minimum absolute atomic E-state index is 0.118. The van der Waals surface area contributed by atoms with E-state index in [2.05, 4.69) is 0 Å². The fourth-order valence-corrected chi connectivity index (χ4v) is 3.38. The Morgan fingerprint density at radius 3 is 2.66 bits per heavy atom. The molecule has 152 valence electrons. The highest BCUT2D eigenvalue weighted by Crippen LogP contribution is 2.36. The maximum Gasteiger partial charge on any atom is 0.286 e. The number of methoxy groups -OCH3 is 1. The highest BCUT2D eigenvalue weighted by Gasteiger charge is 2.32. The zero-order valence-electron chi connectivity index (χ0n) is 16.1. The Labute approximate surface area is 168 Å². The van der Waals surface area contributed by atoms with E-state index >= 15 is 0 Å². The number of hydrogen-bond donors (Lipinski definition) is 0. The van der Waals surface area contributed by atoms with Crippen molar-refractivity contribution >= 4 is 17.9 Å². The van der Waals surface area contributed by atoms with E-state index < -0.39 is 16.9 Å². The van der Waals surface area contributed by atoms with Crippen molar-refractivity contribution in [3.8, 4) is 11.5 Å². The van der Waals surface area contributed by atoms with Gasteiger partial charge >= 0.3 is 0 Å². The number of carbonyl (C=O) groups is 2. The number of hydrogen-bond acceptors (Lipinski definition) is 6. The van der Waals surface area contributed by atoms with Crippen LogP contribution >= 0.6 is 0 Å². The molecule has 2 aromatic carbocycles. The molecular formula is C21H22N2O6. The fraction of sp³-hybridized carbons (Fsp3) is 0.333. The van der Waals surface area contributed by atoms with E-state index in [1.807, 2.05) is 30.3 Å². The van der Waals surface area contributed by atoms with Crippen LogP contribution in [0.2, 0.25) is 0 Å². The number of rotatable bonds is 7. The largest absolute Gasteiger partial charge is 0.493 e. The van der Waals surface area contributed by atoms with Crippen LogP contribution in [0.15, 0.2) is 42.5 Å². The van der Waals surface area contributed by atoms with Gasteiger partial charge in [-0.05, 0) is 24.8 Å². The first-order valence-electron chi connectivity index (χ1n) is 9.34. The highest BCUT2D eigenvalue weighted by atomic mass is 16.6. The van der Waals surface area contributed by atoms with Gasteiger partial charge in [0, 0.05) is 12.6 Å². The lowest BCUT2D eigenvalue weighted by atomic mass is 10.0. The van der Waals surface area contributed by atoms with Crippen molar-refractivity contribution in [2.45, 2.75) is 31.9 Å². The van der Waals surface area contributed by atoms with Gasteiger partial charge in [0.15, 0.2) is 11.5 Å². The topological polar surface area (TPSA) is 99.0 Å². The zero-order valence-corrected chi connectivity index (χ0v) is 16.1. The monoisotopic (exact) mass is 398 g/mol. The second kappa shape index (κ2) is 9.18. The van der Waals surface area contributed by atoms with Gasteiger partial charge in [0.05, 0.1) is 24.1 Å². The lowest BCUT2D eigenvalue weighted by Crippen LogP contribution is -2.44. The van der Waals surface area contributed by atoms with E-state index in [4.69, 9.17) is 9.47 Å². The summed E-state index contributed by atoms with van der Waals surface area (Å²) in [6.45, 7) is 0.578. The zero-order chi connectivity index (χ0) is 20.8. The van der Waals surface area contributed by atoms with Crippen LogP contribution in [0.5, 0.6) is 11.5 Å². The highest BCUT2D eigenvalue weighted by molar-refractivity contribution is 6.00. The molecule has 1 saturated heterocycles. The number of carbonyl (C=O) groups excluding carboxylic acids is 2. The average Bonchev–Trinajstić information content (AvgIpc) is 2.77. The molecule has 0 N–H and O–H groups in total. The second-order valence-electron chi connectivity index (χ2n) is 6.75. The van der Waals surface area contributed by atoms with E-state index in [0.717, 1.165) is 24.7 Å². The van der Waals surface area contributed by atoms with Gasteiger partial charge in [0.1, 0.15) is 18.5 Å². The molecule has 1 fully saturated rings. The molecule has 8 heteroatoms. The van der Waals surface area contributed by atoms with Gasteiger partial charge in [-0.1, -0.05) is 30.3 Å². The molecule has 1 aliphatic heterocycles. The lowest BCUT2D eigenvalue weighted by Gasteiger charge is -2.32. The van der Waals surface area contributed by atoms with E-state index in [-0.39, 0.29) is 29.4 Å². The SMILES string of the molecule is COc1cc(C(=O)N2CCCCC2C=O)c([N+](=O)[O-])cc1OCc1ccccc1. The van der Waals surface area contributed by atoms with Crippen molar-refractivity contribution in [3.05, 3.63) is 63.7 Å². The normalized spacial score (nSPS) is 16.2. The third kappa shape index (κ3) is 4.53. The minimum Gasteiger partial charge on any atom is -0.493 e. The number of likely N-dealkylation sites (tertiary alicyclic amines) is 1. The maximum absolute atomic E-state index is 13.0. The van der Waals surface area contributed by atoms with Gasteiger partial charge in [-0.3, -0.25) is 14.9 Å². The predicted octanol–water partition coefficient (Wildman–Crippen LogP) is 3.38. The Hall–Kier alpha value is -3.42. The molecule has 0 bridgehead atoms. The third-order valence-corrected chi connectivity index (χ3v) is 4.91. The Morgan fingerprint density at radius 1 is 1.24 bits per heavy atom. The van der Waals surface area contributed by atoms with Crippen LogP contribution in [0.4, 0.5) is 5.69 Å². The van der Waals surface area contributed by atoms with Gasteiger partial charge in [0.2, 0.25) is 0 Å². The molecule has 2 aromatic rings. The van der Waals surface area contributed by atoms with Crippen LogP contribution in [-0.2, 0) is 11.4 Å². The summed E-state index contributed by atoms with van der Waals surface area (Å²) in [5.74, 6) is -0.166. The summed E-state index contributed by atoms with van der Waals surface area (Å²) < 4.78 is 11.0. The van der Waals surface area contributed by atoms with Gasteiger partial charge < -0.3 is 19.2 Å². The summed E-state index contributed by atoms with van der Waals surface area (Å²) in [7, 11) is 1.40. The molecule has 3 rings (SSSR count). The van der Waals surface area contributed by atoms with Crippen molar-refractivity contribution in [2.24, 2.45) is 0 Å². The van der Waals surface area contributed by atoms with Crippen molar-refractivity contribution in [1.82, 2.24) is 4.90 Å². The number of benzene rings is 2. The second-order valence-corrected chi connectivity index (χ2v) is 6.75. The molecule has 1 aliphatic rings. The summed E-state index contributed by atoms with van der Waals surface area (Å²) in [6.07, 6.45) is 2.86. The molecule has 8 nitrogen and oxygen atoms in total. The number of ether oxygens (including phenoxy) is 2. The number of piperidine rings is 1. The summed E-state index contributed by atoms with van der Waals surface area (Å²) in [4.78, 5) is 36.8. The molecule has 0 radical (unpaired) electrons. The minimum atomic E-state index is -0.623. The Bertz CT molecular complexity index is 900. The van der Waals surface area contributed by atoms with E-state index in [1.54, 1.807) is 0 Å². The smallest absolute Gasteiger partial charge is 0.286 e. The molecule has 0 saturated carbocycles. The van der Waals surface area contributed by atoms with Gasteiger partial charge in [-0.2, -0.15) is 0 Å². The van der Waals surface area contributed by atoms with Crippen molar-refractivity contribution < 1.29 is 24.0 Å². The molecule has 1 unspecified atom stereocenters.